The Kier molecular flexibility index (Phi) is 5.88. The first kappa shape index (κ1) is 14.4. The topological polar surface area (TPSA) is 51.2 Å². The monoisotopic (exact) mass is 276 g/mol. The fourth-order valence-electron chi connectivity index (χ4n) is 1.45. The summed E-state index contributed by atoms with van der Waals surface area (Å²) in [4.78, 5) is 15.7. The van der Waals surface area contributed by atoms with E-state index in [4.69, 9.17) is 16.3 Å². The van der Waals surface area contributed by atoms with Crippen molar-refractivity contribution >= 4 is 28.9 Å². The molecule has 0 radical (unpaired) electrons. The van der Waals surface area contributed by atoms with Gasteiger partial charge in [-0.2, -0.15) is 0 Å². The summed E-state index contributed by atoms with van der Waals surface area (Å²) in [5.41, 5.74) is 0. The second kappa shape index (κ2) is 6.93. The van der Waals surface area contributed by atoms with E-state index >= 15 is 0 Å². The van der Waals surface area contributed by atoms with Crippen molar-refractivity contribution in [2.75, 3.05) is 7.11 Å². The Balaban J connectivity index is 2.57. The maximum Gasteiger partial charge on any atom is 0.323 e. The van der Waals surface area contributed by atoms with Gasteiger partial charge in [0.25, 0.3) is 0 Å². The molecule has 1 heterocycles. The van der Waals surface area contributed by atoms with Gasteiger partial charge in [0.1, 0.15) is 15.4 Å². The SMILES string of the molecule is CC[C@H](C)[C@@H](NCc1ncc(Cl)s1)C(=O)OC. The first-order chi connectivity index (χ1) is 8.08. The van der Waals surface area contributed by atoms with Gasteiger partial charge in [0, 0.05) is 6.54 Å². The van der Waals surface area contributed by atoms with E-state index in [9.17, 15) is 4.79 Å². The van der Waals surface area contributed by atoms with E-state index in [-0.39, 0.29) is 17.9 Å². The number of methoxy groups -OCH3 is 1. The fraction of sp³-hybridized carbons (Fsp3) is 0.636. The lowest BCUT2D eigenvalue weighted by atomic mass is 9.99. The van der Waals surface area contributed by atoms with E-state index in [1.165, 1.54) is 18.4 Å². The van der Waals surface area contributed by atoms with Crippen LogP contribution in [0.25, 0.3) is 0 Å². The van der Waals surface area contributed by atoms with Crippen LogP contribution in [-0.4, -0.2) is 24.1 Å². The zero-order chi connectivity index (χ0) is 12.8. The first-order valence-electron chi connectivity index (χ1n) is 5.49. The van der Waals surface area contributed by atoms with Crippen molar-refractivity contribution in [3.05, 3.63) is 15.5 Å². The van der Waals surface area contributed by atoms with Crippen LogP contribution in [0.15, 0.2) is 6.20 Å². The number of nitrogens with zero attached hydrogens (tertiary/aromatic N) is 1. The van der Waals surface area contributed by atoms with Crippen LogP contribution in [0.3, 0.4) is 0 Å². The Bertz CT molecular complexity index is 370. The smallest absolute Gasteiger partial charge is 0.323 e. The predicted molar refractivity (Wildman–Crippen MR) is 69.2 cm³/mol. The minimum Gasteiger partial charge on any atom is -0.468 e. The molecule has 0 saturated carbocycles. The van der Waals surface area contributed by atoms with Crippen LogP contribution in [0.2, 0.25) is 4.34 Å². The third-order valence-corrected chi connectivity index (χ3v) is 3.78. The van der Waals surface area contributed by atoms with Crippen LogP contribution in [0.5, 0.6) is 0 Å². The zero-order valence-electron chi connectivity index (χ0n) is 10.2. The number of hydrogen-bond acceptors (Lipinski definition) is 5. The molecular formula is C11H17ClN2O2S. The molecule has 2 atom stereocenters. The molecule has 96 valence electrons. The molecule has 0 amide bonds. The van der Waals surface area contributed by atoms with Crippen molar-refractivity contribution in [1.82, 2.24) is 10.3 Å². The highest BCUT2D eigenvalue weighted by Gasteiger charge is 2.24. The molecule has 0 unspecified atom stereocenters. The molecule has 1 N–H and O–H groups in total. The van der Waals surface area contributed by atoms with E-state index in [0.717, 1.165) is 11.4 Å². The Hall–Kier alpha value is -0.650. The van der Waals surface area contributed by atoms with Gasteiger partial charge < -0.3 is 4.74 Å². The number of thiazole rings is 1. The Morgan fingerprint density at radius 1 is 1.71 bits per heavy atom. The lowest BCUT2D eigenvalue weighted by Gasteiger charge is -2.21. The second-order valence-electron chi connectivity index (χ2n) is 3.83. The highest BCUT2D eigenvalue weighted by Crippen LogP contribution is 2.18. The Morgan fingerprint density at radius 3 is 2.88 bits per heavy atom. The molecule has 0 aliphatic heterocycles. The molecule has 1 rings (SSSR count). The third kappa shape index (κ3) is 4.26. The molecule has 0 fully saturated rings. The van der Waals surface area contributed by atoms with Crippen molar-refractivity contribution in [3.63, 3.8) is 0 Å². The Morgan fingerprint density at radius 2 is 2.41 bits per heavy atom. The molecule has 0 bridgehead atoms. The summed E-state index contributed by atoms with van der Waals surface area (Å²) in [7, 11) is 1.40. The van der Waals surface area contributed by atoms with Gasteiger partial charge in [0.05, 0.1) is 13.3 Å². The molecule has 1 aromatic rings. The lowest BCUT2D eigenvalue weighted by molar-refractivity contribution is -0.144. The van der Waals surface area contributed by atoms with Crippen LogP contribution in [-0.2, 0) is 16.1 Å². The lowest BCUT2D eigenvalue weighted by Crippen LogP contribution is -2.42. The summed E-state index contributed by atoms with van der Waals surface area (Å²) >= 11 is 7.20. The third-order valence-electron chi connectivity index (χ3n) is 2.67. The van der Waals surface area contributed by atoms with Crippen molar-refractivity contribution in [1.29, 1.82) is 0 Å². The molecule has 0 aliphatic rings. The minimum absolute atomic E-state index is 0.220. The second-order valence-corrected chi connectivity index (χ2v) is 5.57. The zero-order valence-corrected chi connectivity index (χ0v) is 11.8. The van der Waals surface area contributed by atoms with E-state index in [0.29, 0.717) is 10.9 Å². The molecule has 17 heavy (non-hydrogen) atoms. The van der Waals surface area contributed by atoms with Crippen LogP contribution in [0, 0.1) is 5.92 Å². The van der Waals surface area contributed by atoms with Gasteiger partial charge >= 0.3 is 5.97 Å². The number of carbonyl (C=O) groups is 1. The predicted octanol–water partition coefficient (Wildman–Crippen LogP) is 2.47. The number of carbonyl (C=O) groups excluding carboxylic acids is 1. The van der Waals surface area contributed by atoms with Crippen LogP contribution < -0.4 is 5.32 Å². The number of aromatic nitrogens is 1. The van der Waals surface area contributed by atoms with Gasteiger partial charge in [-0.3, -0.25) is 10.1 Å². The van der Waals surface area contributed by atoms with E-state index in [1.54, 1.807) is 6.20 Å². The molecule has 6 heteroatoms. The number of ether oxygens (including phenoxy) is 1. The summed E-state index contributed by atoms with van der Waals surface area (Å²) < 4.78 is 5.44. The van der Waals surface area contributed by atoms with Crippen molar-refractivity contribution in [2.24, 2.45) is 5.92 Å². The number of hydrogen-bond donors (Lipinski definition) is 1. The molecule has 4 nitrogen and oxygen atoms in total. The average molecular weight is 277 g/mol. The van der Waals surface area contributed by atoms with E-state index in [2.05, 4.69) is 10.3 Å². The van der Waals surface area contributed by atoms with Crippen LogP contribution in [0.1, 0.15) is 25.3 Å². The summed E-state index contributed by atoms with van der Waals surface area (Å²) in [5.74, 6) is -0.0140. The summed E-state index contributed by atoms with van der Waals surface area (Å²) in [6.45, 7) is 4.59. The van der Waals surface area contributed by atoms with E-state index < -0.39 is 0 Å². The van der Waals surface area contributed by atoms with Crippen molar-refractivity contribution < 1.29 is 9.53 Å². The summed E-state index contributed by atoms with van der Waals surface area (Å²) in [5, 5.41) is 4.03. The van der Waals surface area contributed by atoms with Gasteiger partial charge in [-0.1, -0.05) is 31.9 Å². The highest BCUT2D eigenvalue weighted by molar-refractivity contribution is 7.15. The minimum atomic E-state index is -0.298. The number of esters is 1. The van der Waals surface area contributed by atoms with Crippen molar-refractivity contribution in [2.45, 2.75) is 32.9 Å². The van der Waals surface area contributed by atoms with Crippen LogP contribution >= 0.6 is 22.9 Å². The van der Waals surface area contributed by atoms with Gasteiger partial charge in [0.2, 0.25) is 0 Å². The number of nitrogens with one attached hydrogen (secondary N) is 1. The summed E-state index contributed by atoms with van der Waals surface area (Å²) in [6.07, 6.45) is 2.52. The van der Waals surface area contributed by atoms with E-state index in [1.807, 2.05) is 13.8 Å². The quantitative estimate of drug-likeness (QED) is 0.811. The molecule has 0 aliphatic carbocycles. The molecule has 0 spiro atoms. The largest absolute Gasteiger partial charge is 0.468 e. The average Bonchev–Trinajstić information content (AvgIpc) is 2.74. The van der Waals surface area contributed by atoms with Gasteiger partial charge in [-0.05, 0) is 5.92 Å². The number of rotatable bonds is 6. The molecular weight excluding hydrogens is 260 g/mol. The highest BCUT2D eigenvalue weighted by atomic mass is 35.5. The molecule has 0 saturated heterocycles. The molecule has 0 aromatic carbocycles. The van der Waals surface area contributed by atoms with Crippen molar-refractivity contribution in [3.8, 4) is 0 Å². The van der Waals surface area contributed by atoms with Crippen LogP contribution in [0.4, 0.5) is 0 Å². The maximum atomic E-state index is 11.6. The maximum absolute atomic E-state index is 11.6. The fourth-order valence-corrected chi connectivity index (χ4v) is 2.35. The summed E-state index contributed by atoms with van der Waals surface area (Å²) in [6, 6.07) is -0.298. The van der Waals surface area contributed by atoms with Gasteiger partial charge in [0.15, 0.2) is 0 Å². The van der Waals surface area contributed by atoms with Gasteiger partial charge in [-0.25, -0.2) is 4.98 Å². The normalized spacial score (nSPS) is 14.4. The molecule has 1 aromatic heterocycles. The number of halogens is 1. The Labute approximate surface area is 110 Å². The van der Waals surface area contributed by atoms with Gasteiger partial charge in [-0.15, -0.1) is 11.3 Å². The standard InChI is InChI=1S/C11H17ClN2O2S/c1-4-7(2)10(11(15)16-3)14-6-9-13-5-8(12)17-9/h5,7,10,14H,4,6H2,1-3H3/t7-,10+/m0/s1. The first-order valence-corrected chi connectivity index (χ1v) is 6.69.